The van der Waals surface area contributed by atoms with Gasteiger partial charge in [0.25, 0.3) is 5.91 Å². The van der Waals surface area contributed by atoms with E-state index in [1.165, 1.54) is 0 Å². The van der Waals surface area contributed by atoms with E-state index in [2.05, 4.69) is 10.3 Å². The topological polar surface area (TPSA) is 91.3 Å². The van der Waals surface area contributed by atoms with E-state index in [0.29, 0.717) is 34.9 Å². The number of hydrogen-bond acceptors (Lipinski definition) is 5. The fourth-order valence-electron chi connectivity index (χ4n) is 3.49. The van der Waals surface area contributed by atoms with Crippen LogP contribution >= 0.6 is 11.6 Å². The molecule has 11 heteroatoms. The number of benzene rings is 1. The lowest BCUT2D eigenvalue weighted by Crippen LogP contribution is -2.37. The van der Waals surface area contributed by atoms with E-state index in [4.69, 9.17) is 20.4 Å². The zero-order valence-electron chi connectivity index (χ0n) is 15.4. The zero-order chi connectivity index (χ0) is 21.5. The Hall–Kier alpha value is -2.17. The second-order valence-electron chi connectivity index (χ2n) is 7.02. The summed E-state index contributed by atoms with van der Waals surface area (Å²) >= 11 is 2.66. The third-order valence-corrected chi connectivity index (χ3v) is 6.22. The summed E-state index contributed by atoms with van der Waals surface area (Å²) < 4.78 is 59.4. The molecule has 6 nitrogen and oxygen atoms in total. The normalized spacial score (nSPS) is 21.0. The van der Waals surface area contributed by atoms with Crippen LogP contribution in [0.15, 0.2) is 44.3 Å². The molecular weight excluding hydrogens is 445 g/mol. The molecule has 1 atom stereocenters. The van der Waals surface area contributed by atoms with Crippen LogP contribution in [0.4, 0.5) is 13.2 Å². The van der Waals surface area contributed by atoms with Gasteiger partial charge in [-0.3, -0.25) is 4.79 Å². The van der Waals surface area contributed by atoms with Crippen molar-refractivity contribution < 1.29 is 31.4 Å². The molecule has 1 fully saturated rings. The minimum atomic E-state index is -4.94. The quantitative estimate of drug-likeness (QED) is 0.543. The number of oxazole rings is 1. The third kappa shape index (κ3) is 4.45. The lowest BCUT2D eigenvalue weighted by Gasteiger charge is -2.27. The van der Waals surface area contributed by atoms with E-state index in [1.54, 1.807) is 18.2 Å². The van der Waals surface area contributed by atoms with E-state index < -0.39 is 27.7 Å². The number of alkyl halides is 3. The van der Waals surface area contributed by atoms with Crippen molar-refractivity contribution in [2.75, 3.05) is 0 Å². The minimum absolute atomic E-state index is 0.105. The smallest absolute Gasteiger partial charge is 0.581 e. The highest BCUT2D eigenvalue weighted by molar-refractivity contribution is 7.92. The Labute approximate surface area is 176 Å². The summed E-state index contributed by atoms with van der Waals surface area (Å²) in [6.45, 7) is 0. The van der Waals surface area contributed by atoms with E-state index in [9.17, 15) is 22.5 Å². The fourth-order valence-corrected chi connectivity index (χ4v) is 4.24. The van der Waals surface area contributed by atoms with Crippen LogP contribution in [-0.2, 0) is 11.2 Å². The maximum Gasteiger partial charge on any atom is 0.581 e. The summed E-state index contributed by atoms with van der Waals surface area (Å²) in [6.07, 6.45) is 2.76. The molecule has 0 radical (unpaired) electrons. The van der Waals surface area contributed by atoms with Gasteiger partial charge in [0, 0.05) is 23.0 Å². The van der Waals surface area contributed by atoms with Crippen LogP contribution < -0.4 is 5.32 Å². The molecule has 1 amide bonds. The molecule has 2 aromatic heterocycles. The highest BCUT2D eigenvalue weighted by Crippen LogP contribution is 2.35. The van der Waals surface area contributed by atoms with Gasteiger partial charge >= 0.3 is 10.6 Å². The van der Waals surface area contributed by atoms with Gasteiger partial charge in [-0.1, -0.05) is 11.6 Å². The van der Waals surface area contributed by atoms with Crippen molar-refractivity contribution in [2.45, 2.75) is 48.2 Å². The van der Waals surface area contributed by atoms with Crippen LogP contribution in [0.5, 0.6) is 0 Å². The lowest BCUT2D eigenvalue weighted by molar-refractivity contribution is -0.0446. The van der Waals surface area contributed by atoms with Gasteiger partial charge in [-0.25, -0.2) is 4.98 Å². The van der Waals surface area contributed by atoms with Gasteiger partial charge in [-0.15, -0.1) is 13.2 Å². The number of nitrogens with zero attached hydrogens (tertiary/aromatic N) is 1. The van der Waals surface area contributed by atoms with Gasteiger partial charge in [0.1, 0.15) is 16.7 Å². The molecule has 1 saturated carbocycles. The van der Waals surface area contributed by atoms with Crippen molar-refractivity contribution in [2.24, 2.45) is 0 Å². The van der Waals surface area contributed by atoms with Crippen LogP contribution in [0.3, 0.4) is 0 Å². The van der Waals surface area contributed by atoms with Gasteiger partial charge in [0.05, 0.1) is 0 Å². The van der Waals surface area contributed by atoms with Gasteiger partial charge in [-0.05, 0) is 49.9 Å². The van der Waals surface area contributed by atoms with Crippen LogP contribution in [-0.4, -0.2) is 27.0 Å². The third-order valence-electron chi connectivity index (χ3n) is 4.98. The molecule has 0 aliphatic heterocycles. The van der Waals surface area contributed by atoms with E-state index in [1.807, 2.05) is 0 Å². The first-order valence-electron chi connectivity index (χ1n) is 9.16. The molecular formula is C19H16ClF3N2O4S. The molecule has 0 bridgehead atoms. The predicted molar refractivity (Wildman–Crippen MR) is 103 cm³/mol. The fraction of sp³-hybridized carbons (Fsp3) is 0.368. The lowest BCUT2D eigenvalue weighted by atomic mass is 9.86. The Balaban J connectivity index is 1.34. The zero-order valence-corrected chi connectivity index (χ0v) is 16.9. The second kappa shape index (κ2) is 8.16. The molecule has 30 heavy (non-hydrogen) atoms. The Kier molecular flexibility index (Phi) is 5.73. The minimum Gasteiger partial charge on any atom is -0.602 e. The first kappa shape index (κ1) is 21.1. The Morgan fingerprint density at radius 1 is 1.17 bits per heavy atom. The van der Waals surface area contributed by atoms with Crippen molar-refractivity contribution in [3.05, 3.63) is 47.0 Å². The average molecular weight is 461 g/mol. The number of rotatable bonds is 4. The number of nitrogens with one attached hydrogen (secondary N) is 1. The largest absolute Gasteiger partial charge is 0.602 e. The van der Waals surface area contributed by atoms with Crippen molar-refractivity contribution in [3.8, 4) is 0 Å². The summed E-state index contributed by atoms with van der Waals surface area (Å²) in [5, 5.41) is 2.53. The number of aromatic nitrogens is 1. The summed E-state index contributed by atoms with van der Waals surface area (Å²) in [7, 11) is 0. The highest BCUT2D eigenvalue weighted by Gasteiger charge is 2.48. The number of hydrogen-bond donors (Lipinski definition) is 1. The van der Waals surface area contributed by atoms with Crippen molar-refractivity contribution >= 4 is 39.8 Å². The van der Waals surface area contributed by atoms with E-state index in [-0.39, 0.29) is 17.7 Å². The molecule has 2 heterocycles. The monoisotopic (exact) mass is 460 g/mol. The summed E-state index contributed by atoms with van der Waals surface area (Å²) in [6, 6.07) is 7.06. The molecule has 0 spiro atoms. The molecule has 1 aliphatic rings. The first-order valence-corrected chi connectivity index (χ1v) is 10.7. The van der Waals surface area contributed by atoms with Gasteiger partial charge < -0.3 is 18.7 Å². The number of carbonyl (C=O) groups is 1. The molecule has 4 rings (SSSR count). The average Bonchev–Trinajstić information content (AvgIpc) is 3.34. The van der Waals surface area contributed by atoms with Crippen LogP contribution in [0.2, 0.25) is 5.02 Å². The molecule has 1 aromatic carbocycles. The number of carbonyl (C=O) groups excluding carboxylic acids is 1. The van der Waals surface area contributed by atoms with Crippen molar-refractivity contribution in [1.29, 1.82) is 0 Å². The molecule has 1 aliphatic carbocycles. The maximum absolute atomic E-state index is 12.5. The van der Waals surface area contributed by atoms with Gasteiger partial charge in [0.2, 0.25) is 0 Å². The van der Waals surface area contributed by atoms with Gasteiger partial charge in [0.15, 0.2) is 17.2 Å². The standard InChI is InChI=1S/C19H16ClF3N2O4S/c20-11-3-6-14-13(9-11)25-18(29-14)10-1-4-12(5-2-10)24-17(26)15-7-8-16(28-15)30(27)19(21,22)23/h3,6-10,12H,1-2,4-5H2,(H,24,26). The second-order valence-corrected chi connectivity index (χ2v) is 8.86. The summed E-state index contributed by atoms with van der Waals surface area (Å²) in [5.41, 5.74) is -3.59. The number of amides is 1. The molecule has 3 aromatic rings. The van der Waals surface area contributed by atoms with Crippen LogP contribution in [0, 0.1) is 0 Å². The predicted octanol–water partition coefficient (Wildman–Crippen LogP) is 5.16. The van der Waals surface area contributed by atoms with E-state index in [0.717, 1.165) is 25.0 Å². The van der Waals surface area contributed by atoms with Crippen molar-refractivity contribution in [3.63, 3.8) is 0 Å². The maximum atomic E-state index is 12.5. The Bertz CT molecular complexity index is 1060. The van der Waals surface area contributed by atoms with Crippen LogP contribution in [0.1, 0.15) is 48.0 Å². The Morgan fingerprint density at radius 3 is 2.60 bits per heavy atom. The SMILES string of the molecule is O=C(NC1CCC(c2nc3cc(Cl)ccc3o2)CC1)c1ccc([S+]([O-])C(F)(F)F)o1. The first-order chi connectivity index (χ1) is 14.2. The molecule has 160 valence electrons. The van der Waals surface area contributed by atoms with Crippen molar-refractivity contribution in [1.82, 2.24) is 10.3 Å². The Morgan fingerprint density at radius 2 is 1.90 bits per heavy atom. The molecule has 1 N–H and O–H groups in total. The number of halogens is 4. The van der Waals surface area contributed by atoms with Gasteiger partial charge in [-0.2, -0.15) is 0 Å². The van der Waals surface area contributed by atoms with Crippen LogP contribution in [0.25, 0.3) is 11.1 Å². The molecule has 1 unspecified atom stereocenters. The summed E-state index contributed by atoms with van der Waals surface area (Å²) in [5.74, 6) is -0.211. The van der Waals surface area contributed by atoms with E-state index >= 15 is 0 Å². The number of furan rings is 1. The summed E-state index contributed by atoms with van der Waals surface area (Å²) in [4.78, 5) is 16.8. The number of fused-ring (bicyclic) bond motifs is 1. The molecule has 0 saturated heterocycles. The highest BCUT2D eigenvalue weighted by atomic mass is 35.5.